The minimum absolute atomic E-state index is 0.353. The lowest BCUT2D eigenvalue weighted by molar-refractivity contribution is 0.133. The van der Waals surface area contributed by atoms with Gasteiger partial charge in [0.1, 0.15) is 10.1 Å². The lowest BCUT2D eigenvalue weighted by atomic mass is 9.86. The first-order valence-corrected chi connectivity index (χ1v) is 12.7. The van der Waals surface area contributed by atoms with Gasteiger partial charge in [0, 0.05) is 54.7 Å². The van der Waals surface area contributed by atoms with E-state index in [4.69, 9.17) is 16.6 Å². The van der Waals surface area contributed by atoms with Crippen LogP contribution < -0.4 is 10.6 Å². The van der Waals surface area contributed by atoms with E-state index in [1.54, 1.807) is 0 Å². The van der Waals surface area contributed by atoms with E-state index in [-0.39, 0.29) is 0 Å². The zero-order valence-corrected chi connectivity index (χ0v) is 20.3. The third-order valence-corrected chi connectivity index (χ3v) is 7.91. The van der Waals surface area contributed by atoms with Crippen LogP contribution >= 0.6 is 11.8 Å². The summed E-state index contributed by atoms with van der Waals surface area (Å²) in [5, 5.41) is 17.6. The Bertz CT molecular complexity index is 982. The van der Waals surface area contributed by atoms with Gasteiger partial charge in [0.05, 0.1) is 0 Å². The molecule has 0 atom stereocenters. The second-order valence-corrected chi connectivity index (χ2v) is 10.4. The van der Waals surface area contributed by atoms with E-state index in [9.17, 15) is 0 Å². The number of anilines is 1. The van der Waals surface area contributed by atoms with Crippen molar-refractivity contribution in [2.75, 3.05) is 31.1 Å². The van der Waals surface area contributed by atoms with Crippen molar-refractivity contribution < 1.29 is 0 Å². The summed E-state index contributed by atoms with van der Waals surface area (Å²) in [5.41, 5.74) is 9.93. The number of piperazine rings is 1. The Kier molecular flexibility index (Phi) is 7.56. The maximum absolute atomic E-state index is 8.46. The van der Waals surface area contributed by atoms with Crippen molar-refractivity contribution in [3.8, 4) is 0 Å². The quantitative estimate of drug-likeness (QED) is 0.411. The average Bonchev–Trinajstić information content (AvgIpc) is 2.85. The molecule has 0 radical (unpaired) electrons. The minimum atomic E-state index is 0.353. The molecule has 33 heavy (non-hydrogen) atoms. The molecular weight excluding hydrogens is 426 g/mol. The zero-order chi connectivity index (χ0) is 23.4. The van der Waals surface area contributed by atoms with E-state index in [2.05, 4.69) is 35.4 Å². The molecule has 4 N–H and O–H groups in total. The minimum Gasteiger partial charge on any atom is -0.399 e. The maximum atomic E-state index is 8.46. The van der Waals surface area contributed by atoms with Crippen LogP contribution in [0.1, 0.15) is 49.3 Å². The summed E-state index contributed by atoms with van der Waals surface area (Å²) in [6, 6.07) is 16.5. The summed E-state index contributed by atoms with van der Waals surface area (Å²) in [6.45, 7) is 10.5. The first-order valence-electron chi connectivity index (χ1n) is 11.9. The molecule has 0 aromatic heterocycles. The second kappa shape index (κ2) is 10.6. The SMILES string of the molecule is C=C(N)c1ccc(C(=N)SC(=N)c2ccc(N3CCN(C4CCC(C)CC4)CC3)cc2)cc1. The Morgan fingerprint density at radius 2 is 1.30 bits per heavy atom. The highest BCUT2D eigenvalue weighted by Crippen LogP contribution is 2.29. The Hall–Kier alpha value is -2.57. The highest BCUT2D eigenvalue weighted by Gasteiger charge is 2.27. The highest BCUT2D eigenvalue weighted by molar-refractivity contribution is 8.27. The summed E-state index contributed by atoms with van der Waals surface area (Å²) in [5.74, 6) is 0.902. The number of nitrogens with two attached hydrogens (primary N) is 1. The van der Waals surface area contributed by atoms with Gasteiger partial charge in [-0.2, -0.15) is 0 Å². The van der Waals surface area contributed by atoms with Crippen LogP contribution in [-0.4, -0.2) is 47.2 Å². The van der Waals surface area contributed by atoms with Gasteiger partial charge < -0.3 is 10.6 Å². The van der Waals surface area contributed by atoms with Crippen LogP contribution in [0.15, 0.2) is 55.1 Å². The smallest absolute Gasteiger partial charge is 0.100 e. The molecule has 2 aliphatic rings. The Morgan fingerprint density at radius 3 is 1.82 bits per heavy atom. The number of nitrogens with zero attached hydrogens (tertiary/aromatic N) is 2. The first-order chi connectivity index (χ1) is 15.9. The van der Waals surface area contributed by atoms with E-state index in [1.807, 2.05) is 36.4 Å². The second-order valence-electron chi connectivity index (χ2n) is 9.35. The summed E-state index contributed by atoms with van der Waals surface area (Å²) in [7, 11) is 0. The van der Waals surface area contributed by atoms with E-state index < -0.39 is 0 Å². The van der Waals surface area contributed by atoms with Crippen LogP contribution in [0, 0.1) is 16.7 Å². The normalized spacial score (nSPS) is 21.5. The highest BCUT2D eigenvalue weighted by atomic mass is 32.2. The lowest BCUT2D eigenvalue weighted by Crippen LogP contribution is -2.51. The van der Waals surface area contributed by atoms with Crippen molar-refractivity contribution in [2.24, 2.45) is 11.7 Å². The average molecular weight is 462 g/mol. The molecular formula is C27H35N5S. The van der Waals surface area contributed by atoms with Crippen LogP contribution in [0.4, 0.5) is 5.69 Å². The molecule has 0 amide bonds. The van der Waals surface area contributed by atoms with Gasteiger partial charge in [0.2, 0.25) is 0 Å². The number of rotatable bonds is 5. The summed E-state index contributed by atoms with van der Waals surface area (Å²) in [6.07, 6.45) is 5.47. The standard InChI is InChI=1S/C27H35N5S/c1-19-3-11-24(12-4-19)31-15-17-32(18-16-31)25-13-9-23(10-14-25)27(30)33-26(29)22-7-5-21(6-8-22)20(2)28/h5-10,13-14,19,24,29-30H,2-4,11-12,15-18,28H2,1H3. The molecule has 1 aliphatic heterocycles. The predicted molar refractivity (Wildman–Crippen MR) is 143 cm³/mol. The molecule has 2 aromatic rings. The third-order valence-electron chi connectivity index (χ3n) is 7.03. The predicted octanol–water partition coefficient (Wildman–Crippen LogP) is 5.40. The van der Waals surface area contributed by atoms with Gasteiger partial charge >= 0.3 is 0 Å². The fraction of sp³-hybridized carbons (Fsp3) is 0.407. The summed E-state index contributed by atoms with van der Waals surface area (Å²) < 4.78 is 0. The van der Waals surface area contributed by atoms with Crippen molar-refractivity contribution >= 4 is 33.2 Å². The Labute approximate surface area is 202 Å². The van der Waals surface area contributed by atoms with Crippen molar-refractivity contribution in [1.29, 1.82) is 10.8 Å². The number of hydrogen-bond donors (Lipinski definition) is 3. The third kappa shape index (κ3) is 5.87. The van der Waals surface area contributed by atoms with Gasteiger partial charge in [-0.05, 0) is 49.3 Å². The summed E-state index contributed by atoms with van der Waals surface area (Å²) in [4.78, 5) is 5.15. The molecule has 1 saturated carbocycles. The number of thioether (sulfide) groups is 1. The Morgan fingerprint density at radius 1 is 0.818 bits per heavy atom. The van der Waals surface area contributed by atoms with Gasteiger partial charge in [-0.15, -0.1) is 0 Å². The molecule has 1 heterocycles. The number of benzene rings is 2. The van der Waals surface area contributed by atoms with E-state index in [0.29, 0.717) is 15.8 Å². The van der Waals surface area contributed by atoms with Crippen molar-refractivity contribution in [3.63, 3.8) is 0 Å². The van der Waals surface area contributed by atoms with E-state index in [1.165, 1.54) is 43.1 Å². The van der Waals surface area contributed by atoms with Gasteiger partial charge in [-0.25, -0.2) is 0 Å². The van der Waals surface area contributed by atoms with Crippen molar-refractivity contribution in [3.05, 3.63) is 71.8 Å². The largest absolute Gasteiger partial charge is 0.399 e. The Balaban J connectivity index is 1.29. The maximum Gasteiger partial charge on any atom is 0.100 e. The van der Waals surface area contributed by atoms with Crippen LogP contribution in [0.5, 0.6) is 0 Å². The van der Waals surface area contributed by atoms with Crippen LogP contribution in [0.3, 0.4) is 0 Å². The van der Waals surface area contributed by atoms with E-state index >= 15 is 0 Å². The molecule has 6 heteroatoms. The monoisotopic (exact) mass is 461 g/mol. The van der Waals surface area contributed by atoms with Gasteiger partial charge in [-0.3, -0.25) is 15.7 Å². The molecule has 4 rings (SSSR count). The fourth-order valence-electron chi connectivity index (χ4n) is 4.83. The molecule has 0 bridgehead atoms. The summed E-state index contributed by atoms with van der Waals surface area (Å²) >= 11 is 1.17. The first kappa shape index (κ1) is 23.6. The molecule has 5 nitrogen and oxygen atoms in total. The molecule has 1 saturated heterocycles. The molecule has 2 fully saturated rings. The van der Waals surface area contributed by atoms with Crippen LogP contribution in [0.25, 0.3) is 5.70 Å². The molecule has 174 valence electrons. The molecule has 0 unspecified atom stereocenters. The van der Waals surface area contributed by atoms with Gasteiger partial charge in [-0.1, -0.05) is 61.7 Å². The molecule has 2 aromatic carbocycles. The van der Waals surface area contributed by atoms with Gasteiger partial charge in [0.25, 0.3) is 0 Å². The van der Waals surface area contributed by atoms with Crippen molar-refractivity contribution in [2.45, 2.75) is 38.6 Å². The zero-order valence-electron chi connectivity index (χ0n) is 19.5. The number of hydrogen-bond acceptors (Lipinski definition) is 6. The number of nitrogens with one attached hydrogen (secondary N) is 2. The topological polar surface area (TPSA) is 80.2 Å². The molecule has 1 aliphatic carbocycles. The van der Waals surface area contributed by atoms with Crippen molar-refractivity contribution in [1.82, 2.24) is 4.90 Å². The van der Waals surface area contributed by atoms with Crippen LogP contribution in [0.2, 0.25) is 0 Å². The fourth-order valence-corrected chi connectivity index (χ4v) is 5.54. The molecule has 0 spiro atoms. The van der Waals surface area contributed by atoms with Crippen LogP contribution in [-0.2, 0) is 0 Å². The van der Waals surface area contributed by atoms with E-state index in [0.717, 1.165) is 54.8 Å². The van der Waals surface area contributed by atoms with Gasteiger partial charge in [0.15, 0.2) is 0 Å². The lowest BCUT2D eigenvalue weighted by Gasteiger charge is -2.42.